The molecule has 0 saturated heterocycles. The second kappa shape index (κ2) is 11.2. The minimum Gasteiger partial charge on any atom is -0.357 e. The third-order valence-electron chi connectivity index (χ3n) is 5.28. The van der Waals surface area contributed by atoms with E-state index in [0.29, 0.717) is 21.3 Å². The number of nitrogens with zero attached hydrogens (tertiary/aromatic N) is 2. The van der Waals surface area contributed by atoms with Crippen LogP contribution in [0.25, 0.3) is 0 Å². The number of nitrogens with one attached hydrogen (secondary N) is 1. The van der Waals surface area contributed by atoms with Gasteiger partial charge < -0.3 is 10.2 Å². The van der Waals surface area contributed by atoms with Crippen molar-refractivity contribution in [2.24, 2.45) is 0 Å². The monoisotopic (exact) mass is 513 g/mol. The molecule has 2 rings (SSSR count). The second-order valence-electron chi connectivity index (χ2n) is 8.08. The van der Waals surface area contributed by atoms with Crippen molar-refractivity contribution in [3.8, 4) is 0 Å². The van der Waals surface area contributed by atoms with Gasteiger partial charge >= 0.3 is 0 Å². The first-order chi connectivity index (χ1) is 15.3. The highest BCUT2D eigenvalue weighted by molar-refractivity contribution is 7.92. The lowest BCUT2D eigenvalue weighted by Crippen LogP contribution is -2.50. The molecule has 2 aromatic carbocycles. The highest BCUT2D eigenvalue weighted by Crippen LogP contribution is 2.25. The Kier molecular flexibility index (Phi) is 9.17. The van der Waals surface area contributed by atoms with Crippen LogP contribution in [0.1, 0.15) is 37.8 Å². The number of halogens is 2. The highest BCUT2D eigenvalue weighted by Gasteiger charge is 2.29. The molecule has 0 radical (unpaired) electrons. The van der Waals surface area contributed by atoms with Crippen LogP contribution >= 0.6 is 23.2 Å². The Labute approximate surface area is 205 Å². The van der Waals surface area contributed by atoms with Crippen LogP contribution in [0.2, 0.25) is 10.0 Å². The molecule has 7 nitrogen and oxygen atoms in total. The number of amides is 2. The van der Waals surface area contributed by atoms with Gasteiger partial charge in [0, 0.05) is 13.6 Å². The van der Waals surface area contributed by atoms with Crippen molar-refractivity contribution in [1.29, 1.82) is 0 Å². The van der Waals surface area contributed by atoms with E-state index in [0.717, 1.165) is 16.1 Å². The van der Waals surface area contributed by atoms with Crippen LogP contribution in [0, 0.1) is 0 Å². The van der Waals surface area contributed by atoms with E-state index in [4.69, 9.17) is 23.2 Å². The standard InChI is InChI=1S/C23H29Cl2N3O4S/c1-15(2)18-7-9-19(10-8-18)28(33(5,31)32)14-22(29)27(16(3)23(30)26-4)13-17-6-11-20(24)21(25)12-17/h6-12,15-16H,13-14H2,1-5H3,(H,26,30). The smallest absolute Gasteiger partial charge is 0.244 e. The molecule has 0 aliphatic carbocycles. The Hall–Kier alpha value is -2.29. The van der Waals surface area contributed by atoms with E-state index >= 15 is 0 Å². The van der Waals surface area contributed by atoms with Crippen LogP contribution in [0.4, 0.5) is 5.69 Å². The summed E-state index contributed by atoms with van der Waals surface area (Å²) in [6.45, 7) is 5.25. The molecule has 0 aliphatic rings. The summed E-state index contributed by atoms with van der Waals surface area (Å²) >= 11 is 12.1. The zero-order valence-corrected chi connectivity index (χ0v) is 21.6. The molecule has 10 heteroatoms. The fraction of sp³-hybridized carbons (Fsp3) is 0.391. The van der Waals surface area contributed by atoms with Crippen LogP contribution in [0.3, 0.4) is 0 Å². The van der Waals surface area contributed by atoms with Gasteiger partial charge in [-0.1, -0.05) is 55.2 Å². The lowest BCUT2D eigenvalue weighted by molar-refractivity contribution is -0.139. The minimum absolute atomic E-state index is 0.0498. The maximum Gasteiger partial charge on any atom is 0.244 e. The minimum atomic E-state index is -3.77. The quantitative estimate of drug-likeness (QED) is 0.547. The lowest BCUT2D eigenvalue weighted by atomic mass is 10.0. The fourth-order valence-corrected chi connectivity index (χ4v) is 4.44. The summed E-state index contributed by atoms with van der Waals surface area (Å²) in [6.07, 6.45) is 1.04. The summed E-state index contributed by atoms with van der Waals surface area (Å²) in [6, 6.07) is 11.1. The van der Waals surface area contributed by atoms with Crippen molar-refractivity contribution in [3.05, 3.63) is 63.6 Å². The van der Waals surface area contributed by atoms with E-state index in [1.165, 1.54) is 11.9 Å². The number of anilines is 1. The predicted octanol–water partition coefficient (Wildman–Crippen LogP) is 4.05. The van der Waals surface area contributed by atoms with Crippen LogP contribution in [-0.4, -0.2) is 51.0 Å². The van der Waals surface area contributed by atoms with Gasteiger partial charge in [-0.15, -0.1) is 0 Å². The molecule has 33 heavy (non-hydrogen) atoms. The van der Waals surface area contributed by atoms with Crippen molar-refractivity contribution in [2.75, 3.05) is 24.2 Å². The third kappa shape index (κ3) is 7.09. The highest BCUT2D eigenvalue weighted by atomic mass is 35.5. The zero-order chi connectivity index (χ0) is 24.9. The Morgan fingerprint density at radius 2 is 1.61 bits per heavy atom. The predicted molar refractivity (Wildman–Crippen MR) is 133 cm³/mol. The van der Waals surface area contributed by atoms with Gasteiger partial charge in [0.15, 0.2) is 0 Å². The molecule has 0 saturated carbocycles. The summed E-state index contributed by atoms with van der Waals surface area (Å²) in [5.41, 5.74) is 2.08. The molecule has 0 aromatic heterocycles. The SMILES string of the molecule is CNC(=O)C(C)N(Cc1ccc(Cl)c(Cl)c1)C(=O)CN(c1ccc(C(C)C)cc1)S(C)(=O)=O. The van der Waals surface area contributed by atoms with Gasteiger partial charge in [-0.05, 0) is 48.2 Å². The van der Waals surface area contributed by atoms with Crippen molar-refractivity contribution in [2.45, 2.75) is 39.3 Å². The van der Waals surface area contributed by atoms with E-state index in [9.17, 15) is 18.0 Å². The molecular formula is C23H29Cl2N3O4S. The number of benzene rings is 2. The molecule has 1 N–H and O–H groups in total. The fourth-order valence-electron chi connectivity index (χ4n) is 3.27. The Balaban J connectivity index is 2.39. The first-order valence-electron chi connectivity index (χ1n) is 10.4. The van der Waals surface area contributed by atoms with E-state index in [-0.39, 0.29) is 18.4 Å². The van der Waals surface area contributed by atoms with E-state index in [1.54, 1.807) is 37.3 Å². The van der Waals surface area contributed by atoms with E-state index < -0.39 is 28.5 Å². The number of hydrogen-bond acceptors (Lipinski definition) is 4. The Bertz CT molecular complexity index is 1110. The average molecular weight is 514 g/mol. The van der Waals surface area contributed by atoms with Gasteiger partial charge in [0.2, 0.25) is 21.8 Å². The average Bonchev–Trinajstić information content (AvgIpc) is 2.76. The Morgan fingerprint density at radius 1 is 1.00 bits per heavy atom. The van der Waals surface area contributed by atoms with Gasteiger partial charge in [0.05, 0.1) is 22.0 Å². The topological polar surface area (TPSA) is 86.8 Å². The molecule has 0 bridgehead atoms. The summed E-state index contributed by atoms with van der Waals surface area (Å²) in [5.74, 6) is -0.631. The zero-order valence-electron chi connectivity index (χ0n) is 19.3. The van der Waals surface area contributed by atoms with Crippen LogP contribution in [0.15, 0.2) is 42.5 Å². The van der Waals surface area contributed by atoms with Gasteiger partial charge in [0.1, 0.15) is 12.6 Å². The lowest BCUT2D eigenvalue weighted by Gasteiger charge is -2.31. The summed E-state index contributed by atoms with van der Waals surface area (Å²) < 4.78 is 26.1. The summed E-state index contributed by atoms with van der Waals surface area (Å²) in [4.78, 5) is 27.0. The van der Waals surface area contributed by atoms with Crippen molar-refractivity contribution >= 4 is 50.7 Å². The third-order valence-corrected chi connectivity index (χ3v) is 7.16. The second-order valence-corrected chi connectivity index (χ2v) is 10.8. The van der Waals surface area contributed by atoms with Crippen LogP contribution in [0.5, 0.6) is 0 Å². The largest absolute Gasteiger partial charge is 0.357 e. The van der Waals surface area contributed by atoms with Crippen molar-refractivity contribution < 1.29 is 18.0 Å². The molecule has 0 fully saturated rings. The molecule has 1 unspecified atom stereocenters. The first kappa shape index (κ1) is 27.0. The Morgan fingerprint density at radius 3 is 2.09 bits per heavy atom. The molecular weight excluding hydrogens is 485 g/mol. The number of carbonyl (C=O) groups excluding carboxylic acids is 2. The molecule has 1 atom stereocenters. The molecule has 180 valence electrons. The van der Waals surface area contributed by atoms with Crippen molar-refractivity contribution in [3.63, 3.8) is 0 Å². The van der Waals surface area contributed by atoms with Gasteiger partial charge in [-0.25, -0.2) is 8.42 Å². The molecule has 0 heterocycles. The molecule has 0 spiro atoms. The number of likely N-dealkylation sites (N-methyl/N-ethyl adjacent to an activating group) is 1. The van der Waals surface area contributed by atoms with Gasteiger partial charge in [-0.2, -0.15) is 0 Å². The summed E-state index contributed by atoms with van der Waals surface area (Å²) in [7, 11) is -2.30. The van der Waals surface area contributed by atoms with E-state index in [2.05, 4.69) is 5.32 Å². The maximum atomic E-state index is 13.3. The first-order valence-corrected chi connectivity index (χ1v) is 13.0. The van der Waals surface area contributed by atoms with Gasteiger partial charge in [0.25, 0.3) is 0 Å². The maximum absolute atomic E-state index is 13.3. The molecule has 2 aromatic rings. The van der Waals surface area contributed by atoms with Crippen LogP contribution < -0.4 is 9.62 Å². The molecule has 2 amide bonds. The summed E-state index contributed by atoms with van der Waals surface area (Å²) in [5, 5.41) is 3.21. The number of rotatable bonds is 9. The van der Waals surface area contributed by atoms with Crippen molar-refractivity contribution in [1.82, 2.24) is 10.2 Å². The van der Waals surface area contributed by atoms with Crippen LogP contribution in [-0.2, 0) is 26.2 Å². The number of sulfonamides is 1. The number of hydrogen-bond donors (Lipinski definition) is 1. The van der Waals surface area contributed by atoms with E-state index in [1.807, 2.05) is 26.0 Å². The van der Waals surface area contributed by atoms with Gasteiger partial charge in [-0.3, -0.25) is 13.9 Å². The molecule has 0 aliphatic heterocycles. The normalized spacial score (nSPS) is 12.4. The number of carbonyl (C=O) groups is 2.